The molecule has 0 spiro atoms. The number of hydrogen-bond acceptors (Lipinski definition) is 8. The van der Waals surface area contributed by atoms with E-state index in [2.05, 4.69) is 64.2 Å². The van der Waals surface area contributed by atoms with Gasteiger partial charge in [0.15, 0.2) is 0 Å². The Balaban J connectivity index is 1.09. The highest BCUT2D eigenvalue weighted by molar-refractivity contribution is 7.98. The van der Waals surface area contributed by atoms with E-state index in [0.717, 1.165) is 30.2 Å². The highest BCUT2D eigenvalue weighted by Crippen LogP contribution is 2.61. The molecule has 7 rings (SSSR count). The van der Waals surface area contributed by atoms with E-state index < -0.39 is 0 Å². The minimum Gasteiger partial charge on any atom is -0.396 e. The van der Waals surface area contributed by atoms with Crippen LogP contribution in [0.5, 0.6) is 0 Å². The lowest BCUT2D eigenvalue weighted by atomic mass is 9.47. The van der Waals surface area contributed by atoms with Crippen LogP contribution < -0.4 is 10.6 Å². The minimum atomic E-state index is 0.301. The zero-order valence-corrected chi connectivity index (χ0v) is 25.5. The zero-order valence-electron chi connectivity index (χ0n) is 24.7. The summed E-state index contributed by atoms with van der Waals surface area (Å²) in [6.45, 7) is 3.12. The van der Waals surface area contributed by atoms with Crippen molar-refractivity contribution in [1.82, 2.24) is 14.9 Å². The molecule has 1 heterocycles. The van der Waals surface area contributed by atoms with Gasteiger partial charge in [-0.1, -0.05) is 18.2 Å². The maximum absolute atomic E-state index is 9.79. The second kappa shape index (κ2) is 12.5. The van der Waals surface area contributed by atoms with Gasteiger partial charge in [-0.05, 0) is 118 Å². The van der Waals surface area contributed by atoms with Gasteiger partial charge in [0.25, 0.3) is 0 Å². The van der Waals surface area contributed by atoms with E-state index in [1.165, 1.54) is 74.8 Å². The van der Waals surface area contributed by atoms with Crippen LogP contribution in [0, 0.1) is 46.3 Å². The first-order valence-corrected chi connectivity index (χ1v) is 16.9. The molecule has 2 aromatic rings. The molecular formula is C33H46N6OS. The van der Waals surface area contributed by atoms with Gasteiger partial charge < -0.3 is 20.6 Å². The summed E-state index contributed by atoms with van der Waals surface area (Å²) in [4.78, 5) is 13.2. The van der Waals surface area contributed by atoms with E-state index >= 15 is 0 Å². The molecule has 0 radical (unpaired) electrons. The van der Waals surface area contributed by atoms with Crippen molar-refractivity contribution in [2.24, 2.45) is 35.0 Å². The average molecular weight is 575 g/mol. The van der Waals surface area contributed by atoms with E-state index in [1.54, 1.807) is 18.0 Å². The Hall–Kier alpha value is -2.34. The van der Waals surface area contributed by atoms with Crippen LogP contribution in [0.25, 0.3) is 0 Å². The molecule has 220 valence electrons. The highest BCUT2D eigenvalue weighted by Gasteiger charge is 2.56. The smallest absolute Gasteiger partial charge is 0.224 e. The van der Waals surface area contributed by atoms with Crippen molar-refractivity contribution < 1.29 is 5.11 Å². The maximum atomic E-state index is 9.79. The van der Waals surface area contributed by atoms with Gasteiger partial charge in [-0.2, -0.15) is 10.2 Å². The first-order valence-electron chi connectivity index (χ1n) is 15.7. The number of anilines is 2. The van der Waals surface area contributed by atoms with Crippen LogP contribution in [-0.2, 0) is 6.54 Å². The van der Waals surface area contributed by atoms with Crippen molar-refractivity contribution >= 4 is 23.5 Å². The summed E-state index contributed by atoms with van der Waals surface area (Å²) in [6.07, 6.45) is 15.3. The van der Waals surface area contributed by atoms with E-state index in [1.807, 2.05) is 0 Å². The number of hydrogen-bond donors (Lipinski definition) is 3. The number of benzene rings is 1. The first kappa shape index (κ1) is 28.8. The van der Waals surface area contributed by atoms with Crippen LogP contribution in [0.15, 0.2) is 35.4 Å². The number of nitrogens with zero attached hydrogens (tertiary/aromatic N) is 4. The molecule has 1 aromatic heterocycles. The fourth-order valence-electron chi connectivity index (χ4n) is 9.21. The lowest BCUT2D eigenvalue weighted by Crippen LogP contribution is -2.60. The van der Waals surface area contributed by atoms with Crippen molar-refractivity contribution in [1.29, 1.82) is 5.26 Å². The molecule has 5 atom stereocenters. The van der Waals surface area contributed by atoms with E-state index in [9.17, 15) is 10.4 Å². The molecule has 5 aliphatic rings. The number of nitrogens with one attached hydrogen (secondary N) is 2. The van der Waals surface area contributed by atoms with E-state index in [4.69, 9.17) is 4.98 Å². The molecule has 5 aliphatic carbocycles. The molecule has 0 aliphatic heterocycles. The summed E-state index contributed by atoms with van der Waals surface area (Å²) in [5.74, 6) is 4.93. The van der Waals surface area contributed by atoms with Gasteiger partial charge in [-0.25, -0.2) is 4.98 Å². The molecule has 5 saturated carbocycles. The van der Waals surface area contributed by atoms with Crippen molar-refractivity contribution in [3.63, 3.8) is 0 Å². The van der Waals surface area contributed by atoms with Crippen molar-refractivity contribution in [2.45, 2.75) is 75.3 Å². The predicted octanol–water partition coefficient (Wildman–Crippen LogP) is 6.02. The molecule has 5 fully saturated rings. The predicted molar refractivity (Wildman–Crippen MR) is 166 cm³/mol. The Morgan fingerprint density at radius 2 is 1.80 bits per heavy atom. The fraction of sp³-hybridized carbons (Fsp3) is 0.667. The Bertz CT molecular complexity index is 1220. The van der Waals surface area contributed by atoms with Crippen molar-refractivity contribution in [3.8, 4) is 6.07 Å². The second-order valence-corrected chi connectivity index (χ2v) is 14.4. The molecule has 0 saturated heterocycles. The van der Waals surface area contributed by atoms with Crippen LogP contribution >= 0.6 is 11.8 Å². The van der Waals surface area contributed by atoms with Gasteiger partial charge in [0.05, 0.1) is 6.20 Å². The van der Waals surface area contributed by atoms with Gasteiger partial charge in [-0.15, -0.1) is 11.8 Å². The summed E-state index contributed by atoms with van der Waals surface area (Å²) in [7, 11) is 2.39. The normalized spacial score (nSPS) is 32.2. The Morgan fingerprint density at radius 3 is 2.51 bits per heavy atom. The summed E-state index contributed by atoms with van der Waals surface area (Å²) in [5, 5.41) is 26.3. The molecule has 3 N–H and O–H groups in total. The van der Waals surface area contributed by atoms with Crippen LogP contribution in [-0.4, -0.2) is 59.0 Å². The third kappa shape index (κ3) is 6.23. The number of aliphatic hydroxyl groups excluding tert-OH is 1. The minimum absolute atomic E-state index is 0.301. The standard InChI is InChI=1S/C33H46N6OS/c1-39(19-22-7-9-23(20-40)10-8-22)30-26-11-24-12-27(30)15-33(13-24,14-26)21-37-31-28(16-34)18-36-32(38-31)35-17-25-5-3-4-6-29(25)41-2/h3-6,18,22-24,26-27,30,40H,7-15,17,19-21H2,1-2H3,(H2,35,36,37,38)/t22?,23?,24?,26-,27+,30?,33?. The number of rotatable bonds is 11. The number of nitriles is 1. The third-order valence-electron chi connectivity index (χ3n) is 10.8. The molecule has 4 bridgehead atoms. The molecule has 8 heteroatoms. The van der Waals surface area contributed by atoms with Crippen molar-refractivity contribution in [2.75, 3.05) is 43.6 Å². The topological polar surface area (TPSA) is 97.1 Å². The van der Waals surface area contributed by atoms with Crippen LogP contribution in [0.2, 0.25) is 0 Å². The lowest BCUT2D eigenvalue weighted by molar-refractivity contribution is -0.104. The maximum Gasteiger partial charge on any atom is 0.224 e. The zero-order chi connectivity index (χ0) is 28.4. The molecular weight excluding hydrogens is 528 g/mol. The molecule has 1 aromatic carbocycles. The monoisotopic (exact) mass is 574 g/mol. The summed E-state index contributed by atoms with van der Waals surface area (Å²) in [6, 6.07) is 11.4. The third-order valence-corrected chi connectivity index (χ3v) is 11.6. The van der Waals surface area contributed by atoms with Gasteiger partial charge in [0.1, 0.15) is 17.5 Å². The Kier molecular flexibility index (Phi) is 8.76. The molecule has 0 amide bonds. The largest absolute Gasteiger partial charge is 0.396 e. The van der Waals surface area contributed by atoms with E-state index in [0.29, 0.717) is 47.9 Å². The van der Waals surface area contributed by atoms with Gasteiger partial charge in [-0.3, -0.25) is 0 Å². The van der Waals surface area contributed by atoms with E-state index in [-0.39, 0.29) is 0 Å². The van der Waals surface area contributed by atoms with Crippen molar-refractivity contribution in [3.05, 3.63) is 41.6 Å². The molecule has 41 heavy (non-hydrogen) atoms. The quantitative estimate of drug-likeness (QED) is 0.281. The molecule has 3 unspecified atom stereocenters. The number of aromatic nitrogens is 2. The SMILES string of the molecule is CSc1ccccc1CNc1ncc(C#N)c(NCC23CC4C[C@H](C2)C(N(C)CC2CCC(CO)CC2)[C@@H](C4)C3)n1. The highest BCUT2D eigenvalue weighted by atomic mass is 32.2. The van der Waals surface area contributed by atoms with Crippen LogP contribution in [0.4, 0.5) is 11.8 Å². The Morgan fingerprint density at radius 1 is 1.07 bits per heavy atom. The number of aliphatic hydroxyl groups is 1. The van der Waals surface area contributed by atoms with Crippen LogP contribution in [0.1, 0.15) is 68.9 Å². The van der Waals surface area contributed by atoms with Gasteiger partial charge in [0.2, 0.25) is 5.95 Å². The summed E-state index contributed by atoms with van der Waals surface area (Å²) < 4.78 is 0. The Labute approximate surface area is 249 Å². The average Bonchev–Trinajstić information content (AvgIpc) is 2.99. The first-order chi connectivity index (χ1) is 20.0. The number of thioether (sulfide) groups is 1. The summed E-state index contributed by atoms with van der Waals surface area (Å²) >= 11 is 1.74. The second-order valence-electron chi connectivity index (χ2n) is 13.6. The van der Waals surface area contributed by atoms with Crippen LogP contribution in [0.3, 0.4) is 0 Å². The fourth-order valence-corrected chi connectivity index (χ4v) is 9.82. The lowest BCUT2D eigenvalue weighted by Gasteiger charge is -2.62. The molecule has 7 nitrogen and oxygen atoms in total. The van der Waals surface area contributed by atoms with Gasteiger partial charge >= 0.3 is 0 Å². The summed E-state index contributed by atoms with van der Waals surface area (Å²) in [5.41, 5.74) is 2.03. The van der Waals surface area contributed by atoms with Gasteiger partial charge in [0, 0.05) is 37.2 Å².